The Bertz CT molecular complexity index is 265. The first-order chi connectivity index (χ1) is 7.07. The average molecular weight is 214 g/mol. The number of carboxylic acids is 1. The average Bonchev–Trinajstić information content (AvgIpc) is 2.63. The van der Waals surface area contributed by atoms with E-state index in [1.165, 1.54) is 0 Å². The maximum Gasteiger partial charge on any atom is 0.307 e. The van der Waals surface area contributed by atoms with Gasteiger partial charge < -0.3 is 5.11 Å². The summed E-state index contributed by atoms with van der Waals surface area (Å²) in [5.74, 6) is 0.666. The molecule has 6 atom stereocenters. The van der Waals surface area contributed by atoms with Gasteiger partial charge in [0.2, 0.25) is 0 Å². The second kappa shape index (κ2) is 3.76. The molecule has 2 N–H and O–H groups in total. The smallest absolute Gasteiger partial charge is 0.307 e. The molecule has 0 spiro atoms. The number of aliphatic carboxylic acids is 1. The van der Waals surface area contributed by atoms with Gasteiger partial charge in [0.15, 0.2) is 0 Å². The van der Waals surface area contributed by atoms with Crippen LogP contribution in [0.1, 0.15) is 20.3 Å². The summed E-state index contributed by atoms with van der Waals surface area (Å²) in [5.41, 5.74) is 0. The van der Waals surface area contributed by atoms with Gasteiger partial charge >= 0.3 is 5.97 Å². The van der Waals surface area contributed by atoms with E-state index < -0.39 is 5.97 Å². The van der Waals surface area contributed by atoms with E-state index >= 15 is 0 Å². The van der Waals surface area contributed by atoms with Gasteiger partial charge in [0.25, 0.3) is 0 Å². The summed E-state index contributed by atoms with van der Waals surface area (Å²) in [7, 11) is 0. The van der Waals surface area contributed by atoms with Crippen LogP contribution in [0.5, 0.6) is 0 Å². The molecule has 0 amide bonds. The minimum atomic E-state index is -0.690. The SMILES string of the molecule is CC1C2CC(C1COO)C(C(=O)O)C2C. The number of fused-ring (bicyclic) bond motifs is 2. The Morgan fingerprint density at radius 3 is 2.47 bits per heavy atom. The van der Waals surface area contributed by atoms with Crippen molar-refractivity contribution < 1.29 is 20.0 Å². The Morgan fingerprint density at radius 2 is 2.00 bits per heavy atom. The standard InChI is InChI=1S/C11H18O4/c1-5-7-3-8(9(5)4-15-14)10(6(7)2)11(12)13/h5-10,14H,3-4H2,1-2H3,(H,12,13). The molecule has 2 aliphatic carbocycles. The van der Waals surface area contributed by atoms with Crippen molar-refractivity contribution in [2.75, 3.05) is 6.61 Å². The third-order valence-corrected chi connectivity index (χ3v) is 4.70. The fourth-order valence-corrected chi connectivity index (χ4v) is 3.94. The molecule has 2 rings (SSSR count). The van der Waals surface area contributed by atoms with E-state index in [4.69, 9.17) is 5.26 Å². The highest BCUT2D eigenvalue weighted by atomic mass is 17.1. The highest BCUT2D eigenvalue weighted by Gasteiger charge is 2.57. The molecular weight excluding hydrogens is 196 g/mol. The zero-order chi connectivity index (χ0) is 11.2. The predicted octanol–water partition coefficient (Wildman–Crippen LogP) is 1.71. The van der Waals surface area contributed by atoms with E-state index in [0.29, 0.717) is 11.8 Å². The third-order valence-electron chi connectivity index (χ3n) is 4.70. The lowest BCUT2D eigenvalue weighted by atomic mass is 9.70. The van der Waals surface area contributed by atoms with Gasteiger partial charge in [0, 0.05) is 0 Å². The van der Waals surface area contributed by atoms with Gasteiger partial charge in [0.1, 0.15) is 0 Å². The zero-order valence-corrected chi connectivity index (χ0v) is 9.09. The Morgan fingerprint density at radius 1 is 1.33 bits per heavy atom. The van der Waals surface area contributed by atoms with Crippen LogP contribution in [0.4, 0.5) is 0 Å². The molecule has 2 saturated carbocycles. The van der Waals surface area contributed by atoms with Crippen LogP contribution in [0.2, 0.25) is 0 Å². The van der Waals surface area contributed by atoms with Crippen LogP contribution < -0.4 is 0 Å². The van der Waals surface area contributed by atoms with Crippen LogP contribution in [-0.4, -0.2) is 22.9 Å². The molecule has 0 aromatic rings. The second-order valence-corrected chi connectivity index (χ2v) is 5.11. The Balaban J connectivity index is 2.17. The summed E-state index contributed by atoms with van der Waals surface area (Å²) in [6, 6.07) is 0. The molecule has 2 bridgehead atoms. The minimum Gasteiger partial charge on any atom is -0.481 e. The van der Waals surface area contributed by atoms with Gasteiger partial charge in [-0.1, -0.05) is 13.8 Å². The van der Waals surface area contributed by atoms with Gasteiger partial charge in [0.05, 0.1) is 12.5 Å². The van der Waals surface area contributed by atoms with Crippen molar-refractivity contribution >= 4 is 5.97 Å². The maximum atomic E-state index is 11.2. The van der Waals surface area contributed by atoms with E-state index in [9.17, 15) is 9.90 Å². The number of rotatable bonds is 3. The van der Waals surface area contributed by atoms with E-state index in [-0.39, 0.29) is 30.3 Å². The lowest BCUT2D eigenvalue weighted by Gasteiger charge is -2.35. The van der Waals surface area contributed by atoms with E-state index in [2.05, 4.69) is 11.8 Å². The molecule has 2 aliphatic rings. The van der Waals surface area contributed by atoms with E-state index in [1.807, 2.05) is 6.92 Å². The lowest BCUT2D eigenvalue weighted by Crippen LogP contribution is -2.38. The second-order valence-electron chi connectivity index (χ2n) is 5.11. The first kappa shape index (κ1) is 10.9. The molecule has 0 radical (unpaired) electrons. The quantitative estimate of drug-likeness (QED) is 0.554. The molecule has 0 aromatic carbocycles. The van der Waals surface area contributed by atoms with Gasteiger partial charge in [-0.15, -0.1) is 0 Å². The van der Waals surface area contributed by atoms with Gasteiger partial charge in [-0.05, 0) is 36.0 Å². The zero-order valence-electron chi connectivity index (χ0n) is 9.09. The molecular formula is C11H18O4. The van der Waals surface area contributed by atoms with Crippen LogP contribution in [-0.2, 0) is 9.68 Å². The molecule has 2 fully saturated rings. The number of hydrogen-bond donors (Lipinski definition) is 2. The Labute approximate surface area is 89.2 Å². The van der Waals surface area contributed by atoms with E-state index in [1.54, 1.807) is 0 Å². The number of carbonyl (C=O) groups is 1. The van der Waals surface area contributed by atoms with Crippen LogP contribution in [0.3, 0.4) is 0 Å². The van der Waals surface area contributed by atoms with Gasteiger partial charge in [-0.25, -0.2) is 4.89 Å². The summed E-state index contributed by atoms with van der Waals surface area (Å²) in [6.07, 6.45) is 0.979. The Kier molecular flexibility index (Phi) is 2.73. The lowest BCUT2D eigenvalue weighted by molar-refractivity contribution is -0.258. The maximum absolute atomic E-state index is 11.2. The first-order valence-electron chi connectivity index (χ1n) is 5.57. The molecule has 0 aliphatic heterocycles. The van der Waals surface area contributed by atoms with Gasteiger partial charge in [-0.2, -0.15) is 0 Å². The fourth-order valence-electron chi connectivity index (χ4n) is 3.94. The summed E-state index contributed by atoms with van der Waals surface area (Å²) in [5, 5.41) is 17.7. The summed E-state index contributed by atoms with van der Waals surface area (Å²) in [4.78, 5) is 15.4. The van der Waals surface area contributed by atoms with Crippen molar-refractivity contribution in [2.24, 2.45) is 35.5 Å². The number of hydrogen-bond acceptors (Lipinski definition) is 3. The van der Waals surface area contributed by atoms with Crippen molar-refractivity contribution in [1.82, 2.24) is 0 Å². The van der Waals surface area contributed by atoms with Gasteiger partial charge in [-0.3, -0.25) is 10.1 Å². The molecule has 0 saturated heterocycles. The van der Waals surface area contributed by atoms with Crippen molar-refractivity contribution in [3.8, 4) is 0 Å². The van der Waals surface area contributed by atoms with Crippen molar-refractivity contribution in [1.29, 1.82) is 0 Å². The summed E-state index contributed by atoms with van der Waals surface area (Å²) in [6.45, 7) is 4.46. The highest BCUT2D eigenvalue weighted by molar-refractivity contribution is 5.71. The Hall–Kier alpha value is -0.610. The third kappa shape index (κ3) is 1.47. The monoisotopic (exact) mass is 214 g/mol. The minimum absolute atomic E-state index is 0.185. The van der Waals surface area contributed by atoms with Crippen LogP contribution in [0, 0.1) is 35.5 Å². The molecule has 6 unspecified atom stereocenters. The summed E-state index contributed by atoms with van der Waals surface area (Å²) < 4.78 is 0. The normalized spacial score (nSPS) is 48.5. The largest absolute Gasteiger partial charge is 0.481 e. The molecule has 0 heterocycles. The fraction of sp³-hybridized carbons (Fsp3) is 0.909. The van der Waals surface area contributed by atoms with Crippen molar-refractivity contribution in [3.63, 3.8) is 0 Å². The van der Waals surface area contributed by atoms with Crippen LogP contribution in [0.15, 0.2) is 0 Å². The van der Waals surface area contributed by atoms with E-state index in [0.717, 1.165) is 6.42 Å². The first-order valence-corrected chi connectivity index (χ1v) is 5.57. The van der Waals surface area contributed by atoms with Crippen molar-refractivity contribution in [3.05, 3.63) is 0 Å². The molecule has 15 heavy (non-hydrogen) atoms. The summed E-state index contributed by atoms with van der Waals surface area (Å²) >= 11 is 0. The van der Waals surface area contributed by atoms with Crippen molar-refractivity contribution in [2.45, 2.75) is 20.3 Å². The predicted molar refractivity (Wildman–Crippen MR) is 53.1 cm³/mol. The topological polar surface area (TPSA) is 66.8 Å². The van der Waals surface area contributed by atoms with Crippen LogP contribution >= 0.6 is 0 Å². The highest BCUT2D eigenvalue weighted by Crippen LogP contribution is 2.58. The molecule has 4 heteroatoms. The molecule has 4 nitrogen and oxygen atoms in total. The van der Waals surface area contributed by atoms with Crippen LogP contribution in [0.25, 0.3) is 0 Å². The molecule has 86 valence electrons. The number of carboxylic acid groups (broad SMARTS) is 1. The molecule has 0 aromatic heterocycles.